The first-order valence-electron chi connectivity index (χ1n) is 13.2. The van der Waals surface area contributed by atoms with Crippen LogP contribution in [-0.4, -0.2) is 101 Å². The second-order valence-electron chi connectivity index (χ2n) is 11.5. The molecule has 2 aliphatic rings. The molecule has 2 saturated heterocycles. The molecule has 0 aromatic heterocycles. The van der Waals surface area contributed by atoms with Crippen LogP contribution in [0.1, 0.15) is 68.2 Å². The lowest BCUT2D eigenvalue weighted by Crippen LogP contribution is -2.46. The van der Waals surface area contributed by atoms with Crippen LogP contribution in [0.4, 0.5) is 9.59 Å². The molecule has 0 aromatic rings. The van der Waals surface area contributed by atoms with Gasteiger partial charge in [0.15, 0.2) is 0 Å². The van der Waals surface area contributed by atoms with Gasteiger partial charge < -0.3 is 23.8 Å². The fraction of sp³-hybridized carbons (Fsp3) is 0.643. The smallest absolute Gasteiger partial charge is 0.418 e. The number of nitrogens with zero attached hydrogens (tertiary/aromatic N) is 3. The van der Waals surface area contributed by atoms with Crippen LogP contribution in [0.5, 0.6) is 0 Å². The van der Waals surface area contributed by atoms with E-state index in [4.69, 9.17) is 18.9 Å². The quantitative estimate of drug-likeness (QED) is 0.268. The number of likely N-dealkylation sites (tertiary alicyclic amines) is 2. The van der Waals surface area contributed by atoms with E-state index >= 15 is 0 Å². The standard InChI is InChI=1S/C15H24N2O5.C13H19NO5/c1-7-21-13(19)11-8-10(9-16(5)6)12(18)17(11)14(20)22-15(2,3)4;1-6-18-11(16)9-7-8(2)10(15)14(9)12(17)19-13(3,4)5/h9,11H,7-8H2,1-6H3;9H,2,6-7H2,1,3-5H3/b10-9+;/t11-;9-/m00/s1. The van der Waals surface area contributed by atoms with Crippen LogP contribution in [0.15, 0.2) is 23.9 Å². The van der Waals surface area contributed by atoms with Gasteiger partial charge in [-0.25, -0.2) is 29.0 Å². The molecule has 0 saturated carbocycles. The highest BCUT2D eigenvalue weighted by atomic mass is 16.6. The van der Waals surface area contributed by atoms with Crippen molar-refractivity contribution in [2.24, 2.45) is 0 Å². The summed E-state index contributed by atoms with van der Waals surface area (Å²) in [6.45, 7) is 17.4. The maximum Gasteiger partial charge on any atom is 0.418 e. The lowest BCUT2D eigenvalue weighted by Gasteiger charge is -2.26. The lowest BCUT2D eigenvalue weighted by molar-refractivity contribution is -0.151. The molecule has 2 fully saturated rings. The molecule has 0 spiro atoms. The van der Waals surface area contributed by atoms with Crippen molar-refractivity contribution in [3.63, 3.8) is 0 Å². The second-order valence-corrected chi connectivity index (χ2v) is 11.5. The largest absolute Gasteiger partial charge is 0.464 e. The van der Waals surface area contributed by atoms with E-state index in [2.05, 4.69) is 6.58 Å². The summed E-state index contributed by atoms with van der Waals surface area (Å²) >= 11 is 0. The molecule has 13 heteroatoms. The zero-order chi connectivity index (χ0) is 31.9. The van der Waals surface area contributed by atoms with Gasteiger partial charge in [-0.05, 0) is 55.4 Å². The third kappa shape index (κ3) is 10.2. The molecule has 2 aliphatic heterocycles. The highest BCUT2D eigenvalue weighted by Gasteiger charge is 2.47. The SMILES string of the molecule is C=C1C[C@@H](C(=O)OCC)N(C(=O)OC(C)(C)C)C1=O.CCOC(=O)[C@@H]1C/C(=C\N(C)C)C(=O)N1C(=O)OC(C)(C)C. The van der Waals surface area contributed by atoms with Gasteiger partial charge in [0.1, 0.15) is 23.3 Å². The Morgan fingerprint density at radius 3 is 1.56 bits per heavy atom. The maximum atomic E-state index is 12.4. The molecule has 0 bridgehead atoms. The fourth-order valence-corrected chi connectivity index (χ4v) is 3.72. The fourth-order valence-electron chi connectivity index (χ4n) is 3.72. The monoisotopic (exact) mass is 581 g/mol. The average molecular weight is 582 g/mol. The summed E-state index contributed by atoms with van der Waals surface area (Å²) in [5, 5.41) is 0. The molecular weight excluding hydrogens is 538 g/mol. The van der Waals surface area contributed by atoms with E-state index in [1.807, 2.05) is 0 Å². The summed E-state index contributed by atoms with van der Waals surface area (Å²) in [7, 11) is 3.52. The van der Waals surface area contributed by atoms with Gasteiger partial charge in [0.2, 0.25) is 0 Å². The number of ether oxygens (including phenoxy) is 4. The van der Waals surface area contributed by atoms with Gasteiger partial charge in [0, 0.05) is 44.3 Å². The third-order valence-electron chi connectivity index (χ3n) is 5.20. The molecule has 0 unspecified atom stereocenters. The van der Waals surface area contributed by atoms with Crippen LogP contribution in [0.3, 0.4) is 0 Å². The number of carbonyl (C=O) groups is 6. The minimum atomic E-state index is -0.978. The van der Waals surface area contributed by atoms with Crippen LogP contribution in [0, 0.1) is 0 Å². The van der Waals surface area contributed by atoms with Gasteiger partial charge in [0.05, 0.1) is 13.2 Å². The van der Waals surface area contributed by atoms with E-state index in [1.54, 1.807) is 80.6 Å². The van der Waals surface area contributed by atoms with Crippen LogP contribution in [-0.2, 0) is 38.1 Å². The first-order valence-corrected chi connectivity index (χ1v) is 13.2. The van der Waals surface area contributed by atoms with E-state index in [0.29, 0.717) is 5.57 Å². The lowest BCUT2D eigenvalue weighted by atomic mass is 10.1. The Hall–Kier alpha value is -3.90. The molecular formula is C28H43N3O10. The summed E-state index contributed by atoms with van der Waals surface area (Å²) in [5.41, 5.74) is -0.941. The van der Waals surface area contributed by atoms with Crippen molar-refractivity contribution in [1.29, 1.82) is 0 Å². The molecule has 0 aromatic carbocycles. The van der Waals surface area contributed by atoms with E-state index < -0.39 is 59.2 Å². The summed E-state index contributed by atoms with van der Waals surface area (Å²) in [4.78, 5) is 75.6. The predicted octanol–water partition coefficient (Wildman–Crippen LogP) is 3.17. The van der Waals surface area contributed by atoms with Crippen LogP contribution in [0.25, 0.3) is 0 Å². The van der Waals surface area contributed by atoms with Gasteiger partial charge in [-0.15, -0.1) is 0 Å². The maximum absolute atomic E-state index is 12.4. The molecule has 2 heterocycles. The predicted molar refractivity (Wildman–Crippen MR) is 147 cm³/mol. The van der Waals surface area contributed by atoms with Crippen LogP contribution >= 0.6 is 0 Å². The second kappa shape index (κ2) is 14.1. The molecule has 0 radical (unpaired) electrons. The molecule has 2 rings (SSSR count). The van der Waals surface area contributed by atoms with E-state index in [9.17, 15) is 28.8 Å². The van der Waals surface area contributed by atoms with Gasteiger partial charge in [-0.3, -0.25) is 9.59 Å². The van der Waals surface area contributed by atoms with Crippen molar-refractivity contribution in [3.05, 3.63) is 23.9 Å². The van der Waals surface area contributed by atoms with Gasteiger partial charge in [-0.1, -0.05) is 6.58 Å². The minimum Gasteiger partial charge on any atom is -0.464 e. The minimum absolute atomic E-state index is 0.0803. The number of esters is 2. The molecule has 0 N–H and O–H groups in total. The molecule has 0 aliphatic carbocycles. The topological polar surface area (TPSA) is 149 Å². The van der Waals surface area contributed by atoms with Crippen LogP contribution in [0.2, 0.25) is 0 Å². The van der Waals surface area contributed by atoms with Crippen molar-refractivity contribution in [3.8, 4) is 0 Å². The van der Waals surface area contributed by atoms with Crippen LogP contribution < -0.4 is 0 Å². The number of carbonyl (C=O) groups excluding carboxylic acids is 6. The number of hydrogen-bond donors (Lipinski definition) is 0. The molecule has 2 atom stereocenters. The zero-order valence-electron chi connectivity index (χ0n) is 25.7. The Morgan fingerprint density at radius 2 is 1.20 bits per heavy atom. The Morgan fingerprint density at radius 1 is 0.805 bits per heavy atom. The first-order chi connectivity index (χ1) is 18.7. The van der Waals surface area contributed by atoms with Crippen molar-refractivity contribution < 1.29 is 47.7 Å². The van der Waals surface area contributed by atoms with Crippen molar-refractivity contribution >= 4 is 35.9 Å². The average Bonchev–Trinajstić information content (AvgIpc) is 3.28. The van der Waals surface area contributed by atoms with Crippen molar-refractivity contribution in [1.82, 2.24) is 14.7 Å². The summed E-state index contributed by atoms with van der Waals surface area (Å²) < 4.78 is 20.1. The summed E-state index contributed by atoms with van der Waals surface area (Å²) in [6, 6.07) is -1.96. The molecule has 13 nitrogen and oxygen atoms in total. The molecule has 4 amide bonds. The molecule has 230 valence electrons. The Labute approximate surface area is 241 Å². The van der Waals surface area contributed by atoms with Crippen molar-refractivity contribution in [2.75, 3.05) is 27.3 Å². The number of imide groups is 2. The first kappa shape index (κ1) is 35.1. The van der Waals surface area contributed by atoms with Crippen molar-refractivity contribution in [2.45, 2.75) is 91.5 Å². The Kier molecular flexibility index (Phi) is 12.1. The Balaban J connectivity index is 0.000000414. The summed E-state index contributed by atoms with van der Waals surface area (Å²) in [5.74, 6) is -2.35. The highest BCUT2D eigenvalue weighted by molar-refractivity contribution is 6.09. The number of hydrogen-bond acceptors (Lipinski definition) is 11. The number of rotatable bonds is 5. The normalized spacial score (nSPS) is 20.0. The Bertz CT molecular complexity index is 1080. The van der Waals surface area contributed by atoms with E-state index in [0.717, 1.165) is 9.80 Å². The zero-order valence-corrected chi connectivity index (χ0v) is 25.7. The van der Waals surface area contributed by atoms with Gasteiger partial charge in [0.25, 0.3) is 11.8 Å². The summed E-state index contributed by atoms with van der Waals surface area (Å²) in [6.07, 6.45) is 0.109. The number of amides is 4. The molecule has 41 heavy (non-hydrogen) atoms. The van der Waals surface area contributed by atoms with E-state index in [-0.39, 0.29) is 31.6 Å². The van der Waals surface area contributed by atoms with E-state index in [1.165, 1.54) is 0 Å². The van der Waals surface area contributed by atoms with Gasteiger partial charge in [-0.2, -0.15) is 0 Å². The highest BCUT2D eigenvalue weighted by Crippen LogP contribution is 2.28. The third-order valence-corrected chi connectivity index (χ3v) is 5.20. The van der Waals surface area contributed by atoms with Gasteiger partial charge >= 0.3 is 24.1 Å².